The van der Waals surface area contributed by atoms with Gasteiger partial charge in [-0.1, -0.05) is 27.7 Å². The molecular formula is C15H26FN3. The maximum Gasteiger partial charge on any atom is 0.141 e. The monoisotopic (exact) mass is 267 g/mol. The van der Waals surface area contributed by atoms with E-state index in [1.807, 2.05) is 0 Å². The number of nitrogens with zero attached hydrogens (tertiary/aromatic N) is 2. The molecule has 0 bridgehead atoms. The average molecular weight is 267 g/mol. The van der Waals surface area contributed by atoms with Gasteiger partial charge < -0.3 is 10.6 Å². The summed E-state index contributed by atoms with van der Waals surface area (Å²) in [7, 11) is 2.10. The largest absolute Gasteiger partial charge is 0.322 e. The van der Waals surface area contributed by atoms with Gasteiger partial charge in [-0.3, -0.25) is 4.98 Å². The lowest BCUT2D eigenvalue weighted by atomic mass is 9.94. The summed E-state index contributed by atoms with van der Waals surface area (Å²) in [6.07, 6.45) is 1.22. The molecule has 4 heteroatoms. The van der Waals surface area contributed by atoms with E-state index in [4.69, 9.17) is 5.73 Å². The second-order valence-corrected chi connectivity index (χ2v) is 6.66. The lowest BCUT2D eigenvalue weighted by molar-refractivity contribution is 0.194. The molecule has 2 atom stereocenters. The van der Waals surface area contributed by atoms with Crippen LogP contribution in [0.25, 0.3) is 0 Å². The molecule has 3 nitrogen and oxygen atoms in total. The Hall–Kier alpha value is -1.00. The fraction of sp³-hybridized carbons (Fsp3) is 0.667. The van der Waals surface area contributed by atoms with E-state index in [-0.39, 0.29) is 23.2 Å². The van der Waals surface area contributed by atoms with Gasteiger partial charge >= 0.3 is 0 Å². The van der Waals surface area contributed by atoms with E-state index in [0.29, 0.717) is 0 Å². The molecule has 0 amide bonds. The van der Waals surface area contributed by atoms with Gasteiger partial charge in [-0.05, 0) is 30.5 Å². The van der Waals surface area contributed by atoms with E-state index in [0.717, 1.165) is 18.8 Å². The van der Waals surface area contributed by atoms with Crippen LogP contribution in [0.15, 0.2) is 18.3 Å². The minimum absolute atomic E-state index is 0.164. The molecule has 2 N–H and O–H groups in total. The molecule has 2 unspecified atom stereocenters. The van der Waals surface area contributed by atoms with Crippen molar-refractivity contribution >= 4 is 0 Å². The van der Waals surface area contributed by atoms with E-state index < -0.39 is 0 Å². The van der Waals surface area contributed by atoms with Crippen molar-refractivity contribution < 1.29 is 4.39 Å². The average Bonchev–Trinajstić information content (AvgIpc) is 2.26. The minimum Gasteiger partial charge on any atom is -0.322 e. The predicted molar refractivity (Wildman–Crippen MR) is 77.2 cm³/mol. The molecule has 0 saturated carbocycles. The molecule has 0 aromatic carbocycles. The summed E-state index contributed by atoms with van der Waals surface area (Å²) in [4.78, 5) is 6.35. The minimum atomic E-state index is -0.326. The first-order chi connectivity index (χ1) is 8.69. The molecule has 1 heterocycles. The van der Waals surface area contributed by atoms with Gasteiger partial charge in [0, 0.05) is 13.1 Å². The lowest BCUT2D eigenvalue weighted by Crippen LogP contribution is -2.36. The van der Waals surface area contributed by atoms with Crippen LogP contribution < -0.4 is 5.73 Å². The van der Waals surface area contributed by atoms with Crippen LogP contribution in [-0.4, -0.2) is 30.0 Å². The first kappa shape index (κ1) is 16.1. The molecule has 0 aliphatic heterocycles. The second kappa shape index (κ2) is 6.44. The third-order valence-corrected chi connectivity index (χ3v) is 3.05. The van der Waals surface area contributed by atoms with Gasteiger partial charge in [0.2, 0.25) is 0 Å². The normalized spacial score (nSPS) is 15.6. The summed E-state index contributed by atoms with van der Waals surface area (Å²) in [6.45, 7) is 10.7. The molecule has 19 heavy (non-hydrogen) atoms. The fourth-order valence-corrected chi connectivity index (χ4v) is 2.36. The Morgan fingerprint density at radius 3 is 2.47 bits per heavy atom. The van der Waals surface area contributed by atoms with Crippen LogP contribution in [0.3, 0.4) is 0 Å². The topological polar surface area (TPSA) is 42.1 Å². The summed E-state index contributed by atoms with van der Waals surface area (Å²) in [5.41, 5.74) is 7.21. The molecule has 0 spiro atoms. The first-order valence-corrected chi connectivity index (χ1v) is 6.74. The predicted octanol–water partition coefficient (Wildman–Crippen LogP) is 2.83. The molecule has 0 aliphatic rings. The Bertz CT molecular complexity index is 383. The van der Waals surface area contributed by atoms with Gasteiger partial charge in [0.15, 0.2) is 0 Å². The zero-order valence-corrected chi connectivity index (χ0v) is 12.7. The maximum absolute atomic E-state index is 12.8. The zero-order valence-electron chi connectivity index (χ0n) is 12.7. The molecule has 1 aromatic rings. The highest BCUT2D eigenvalue weighted by Gasteiger charge is 2.20. The van der Waals surface area contributed by atoms with Gasteiger partial charge in [0.1, 0.15) is 5.82 Å². The van der Waals surface area contributed by atoms with Crippen LogP contribution in [0.1, 0.15) is 39.4 Å². The van der Waals surface area contributed by atoms with Gasteiger partial charge in [0.25, 0.3) is 0 Å². The number of nitrogens with two attached hydrogens (primary N) is 1. The van der Waals surface area contributed by atoms with Crippen molar-refractivity contribution in [2.75, 3.05) is 20.1 Å². The molecule has 0 radical (unpaired) electrons. The summed E-state index contributed by atoms with van der Waals surface area (Å²) >= 11 is 0. The molecule has 0 aliphatic carbocycles. The van der Waals surface area contributed by atoms with Gasteiger partial charge in [0.05, 0.1) is 17.9 Å². The van der Waals surface area contributed by atoms with Crippen molar-refractivity contribution in [3.8, 4) is 0 Å². The molecule has 1 rings (SSSR count). The highest BCUT2D eigenvalue weighted by Crippen LogP contribution is 2.20. The lowest BCUT2D eigenvalue weighted by Gasteiger charge is -2.30. The van der Waals surface area contributed by atoms with Crippen molar-refractivity contribution in [3.63, 3.8) is 0 Å². The van der Waals surface area contributed by atoms with Gasteiger partial charge in [-0.25, -0.2) is 4.39 Å². The van der Waals surface area contributed by atoms with Crippen LogP contribution in [0.5, 0.6) is 0 Å². The first-order valence-electron chi connectivity index (χ1n) is 6.74. The second-order valence-electron chi connectivity index (χ2n) is 6.66. The summed E-state index contributed by atoms with van der Waals surface area (Å²) < 4.78 is 12.8. The van der Waals surface area contributed by atoms with Crippen molar-refractivity contribution in [3.05, 3.63) is 29.8 Å². The van der Waals surface area contributed by atoms with E-state index >= 15 is 0 Å². The van der Waals surface area contributed by atoms with E-state index in [1.54, 1.807) is 6.07 Å². The molecule has 1 aromatic heterocycles. The summed E-state index contributed by atoms with van der Waals surface area (Å²) in [5, 5.41) is 0. The molecule has 0 saturated heterocycles. The van der Waals surface area contributed by atoms with Crippen molar-refractivity contribution in [1.82, 2.24) is 9.88 Å². The fourth-order valence-electron chi connectivity index (χ4n) is 2.36. The number of hydrogen-bond donors (Lipinski definition) is 1. The number of halogens is 1. The Balaban J connectivity index is 2.57. The van der Waals surface area contributed by atoms with E-state index in [9.17, 15) is 4.39 Å². The van der Waals surface area contributed by atoms with E-state index in [2.05, 4.69) is 44.6 Å². The van der Waals surface area contributed by atoms with Crippen LogP contribution in [-0.2, 0) is 0 Å². The van der Waals surface area contributed by atoms with Gasteiger partial charge in [-0.2, -0.15) is 0 Å². The highest BCUT2D eigenvalue weighted by atomic mass is 19.1. The van der Waals surface area contributed by atoms with Crippen molar-refractivity contribution in [2.24, 2.45) is 17.1 Å². The number of hydrogen-bond acceptors (Lipinski definition) is 3. The van der Waals surface area contributed by atoms with Crippen LogP contribution in [0.4, 0.5) is 4.39 Å². The Morgan fingerprint density at radius 1 is 1.37 bits per heavy atom. The van der Waals surface area contributed by atoms with Crippen molar-refractivity contribution in [1.29, 1.82) is 0 Å². The van der Waals surface area contributed by atoms with Crippen LogP contribution >= 0.6 is 0 Å². The number of aromatic nitrogens is 1. The van der Waals surface area contributed by atoms with Crippen LogP contribution in [0.2, 0.25) is 0 Å². The summed E-state index contributed by atoms with van der Waals surface area (Å²) in [6, 6.07) is 2.91. The van der Waals surface area contributed by atoms with Crippen LogP contribution in [0, 0.1) is 17.2 Å². The SMILES string of the molecule is CC(CN(C)CC(C)(C)C)C(N)c1ccc(F)cn1. The smallest absolute Gasteiger partial charge is 0.141 e. The molecule has 108 valence electrons. The van der Waals surface area contributed by atoms with Gasteiger partial charge in [-0.15, -0.1) is 0 Å². The Kier molecular flexibility index (Phi) is 5.44. The number of rotatable bonds is 5. The molecule has 0 fully saturated rings. The molecular weight excluding hydrogens is 241 g/mol. The summed E-state index contributed by atoms with van der Waals surface area (Å²) in [5.74, 6) is -0.0567. The van der Waals surface area contributed by atoms with E-state index in [1.165, 1.54) is 12.3 Å². The third kappa shape index (κ3) is 5.66. The van der Waals surface area contributed by atoms with Crippen molar-refractivity contribution in [2.45, 2.75) is 33.7 Å². The standard InChI is InChI=1S/C15H26FN3/c1-11(9-19(5)10-15(2,3)4)14(17)13-7-6-12(16)8-18-13/h6-8,11,14H,9-10,17H2,1-5H3. The Labute approximate surface area is 116 Å². The zero-order chi connectivity index (χ0) is 14.6. The highest BCUT2D eigenvalue weighted by molar-refractivity contribution is 5.10. The Morgan fingerprint density at radius 2 is 2.00 bits per heavy atom. The third-order valence-electron chi connectivity index (χ3n) is 3.05. The number of pyridine rings is 1. The maximum atomic E-state index is 12.8. The quantitative estimate of drug-likeness (QED) is 0.892.